The number of carbonyl (C=O) groups excluding carboxylic acids is 1. The summed E-state index contributed by atoms with van der Waals surface area (Å²) >= 11 is 0. The molecule has 2 aromatic heterocycles. The summed E-state index contributed by atoms with van der Waals surface area (Å²) in [6.07, 6.45) is 0.881. The number of hydrogen-bond acceptors (Lipinski definition) is 4. The summed E-state index contributed by atoms with van der Waals surface area (Å²) < 4.78 is 1.96. The zero-order chi connectivity index (χ0) is 18.7. The van der Waals surface area contributed by atoms with Crippen LogP contribution in [0.5, 0.6) is 0 Å². The van der Waals surface area contributed by atoms with Gasteiger partial charge in [0.15, 0.2) is 0 Å². The van der Waals surface area contributed by atoms with Crippen molar-refractivity contribution >= 4 is 5.91 Å². The zero-order valence-corrected chi connectivity index (χ0v) is 15.9. The van der Waals surface area contributed by atoms with Crippen LogP contribution in [-0.4, -0.2) is 43.6 Å². The predicted octanol–water partition coefficient (Wildman–Crippen LogP) is 2.61. The maximum Gasteiger partial charge on any atom is 0.269 e. The number of amides is 1. The molecule has 2 aromatic rings. The normalized spacial score (nSPS) is 13.9. The van der Waals surface area contributed by atoms with Crippen molar-refractivity contribution in [1.82, 2.24) is 25.3 Å². The summed E-state index contributed by atoms with van der Waals surface area (Å²) in [6.45, 7) is 12.1. The molecule has 0 spiro atoms. The molecule has 0 aromatic carbocycles. The largest absolute Gasteiger partial charge is 0.394 e. The van der Waals surface area contributed by atoms with E-state index in [1.54, 1.807) is 6.07 Å². The second-order valence-corrected chi connectivity index (χ2v) is 6.90. The highest BCUT2D eigenvalue weighted by atomic mass is 16.3. The Hall–Kier alpha value is -2.15. The molecule has 2 unspecified atom stereocenters. The third kappa shape index (κ3) is 3.92. The molecule has 138 valence electrons. The minimum atomic E-state index is -0.267. The summed E-state index contributed by atoms with van der Waals surface area (Å²) in [5, 5.41) is 24.0. The second kappa shape index (κ2) is 7.82. The van der Waals surface area contributed by atoms with Gasteiger partial charge in [-0.2, -0.15) is 10.2 Å². The molecule has 3 N–H and O–H groups in total. The van der Waals surface area contributed by atoms with E-state index in [0.717, 1.165) is 23.4 Å². The SMILES string of the molecule is CCC(C)C(CO)NC(=O)c1cc(-c2c(C)nn(C(C)C)c2C)n[nH]1. The Balaban J connectivity index is 2.24. The van der Waals surface area contributed by atoms with Crippen molar-refractivity contribution in [1.29, 1.82) is 0 Å². The lowest BCUT2D eigenvalue weighted by atomic mass is 10.00. The maximum absolute atomic E-state index is 12.4. The van der Waals surface area contributed by atoms with Gasteiger partial charge in [-0.25, -0.2) is 0 Å². The van der Waals surface area contributed by atoms with Crippen LogP contribution >= 0.6 is 0 Å². The van der Waals surface area contributed by atoms with Crippen LogP contribution < -0.4 is 5.32 Å². The minimum absolute atomic E-state index is 0.0822. The van der Waals surface area contributed by atoms with E-state index in [-0.39, 0.29) is 30.5 Å². The van der Waals surface area contributed by atoms with E-state index in [0.29, 0.717) is 11.4 Å². The fraction of sp³-hybridized carbons (Fsp3) is 0.611. The number of aliphatic hydroxyl groups excluding tert-OH is 1. The first-order valence-electron chi connectivity index (χ1n) is 8.83. The number of nitrogens with zero attached hydrogens (tertiary/aromatic N) is 3. The van der Waals surface area contributed by atoms with Gasteiger partial charge in [0.1, 0.15) is 5.69 Å². The Morgan fingerprint density at radius 3 is 2.56 bits per heavy atom. The Kier molecular flexibility index (Phi) is 6.00. The molecule has 0 fully saturated rings. The van der Waals surface area contributed by atoms with Gasteiger partial charge < -0.3 is 10.4 Å². The highest BCUT2D eigenvalue weighted by Gasteiger charge is 2.22. The first-order chi connectivity index (χ1) is 11.8. The number of aromatic nitrogens is 4. The summed E-state index contributed by atoms with van der Waals surface area (Å²) in [5.41, 5.74) is 3.95. The summed E-state index contributed by atoms with van der Waals surface area (Å²) in [7, 11) is 0. The molecule has 0 saturated heterocycles. The van der Waals surface area contributed by atoms with E-state index in [1.807, 2.05) is 32.4 Å². The first kappa shape index (κ1) is 19.2. The number of aliphatic hydroxyl groups is 1. The lowest BCUT2D eigenvalue weighted by molar-refractivity contribution is 0.0886. The van der Waals surface area contributed by atoms with Crippen molar-refractivity contribution in [3.8, 4) is 11.3 Å². The monoisotopic (exact) mass is 347 g/mol. The van der Waals surface area contributed by atoms with Crippen LogP contribution in [-0.2, 0) is 0 Å². The Morgan fingerprint density at radius 2 is 2.04 bits per heavy atom. The molecule has 2 atom stereocenters. The average molecular weight is 347 g/mol. The van der Waals surface area contributed by atoms with Gasteiger partial charge in [0.25, 0.3) is 5.91 Å². The van der Waals surface area contributed by atoms with E-state index in [9.17, 15) is 9.90 Å². The van der Waals surface area contributed by atoms with Crippen LogP contribution in [0.1, 0.15) is 62.0 Å². The number of hydrogen-bond donors (Lipinski definition) is 3. The van der Waals surface area contributed by atoms with E-state index in [1.165, 1.54) is 0 Å². The molecule has 25 heavy (non-hydrogen) atoms. The molecule has 2 rings (SSSR count). The molecule has 0 bridgehead atoms. The molecule has 2 heterocycles. The van der Waals surface area contributed by atoms with Crippen LogP contribution in [0.2, 0.25) is 0 Å². The molecule has 0 aliphatic carbocycles. The molecule has 0 aliphatic heterocycles. The average Bonchev–Trinajstić information content (AvgIpc) is 3.16. The Labute approximate surface area is 148 Å². The quantitative estimate of drug-likeness (QED) is 0.717. The molecule has 7 nitrogen and oxygen atoms in total. The van der Waals surface area contributed by atoms with Crippen molar-refractivity contribution < 1.29 is 9.90 Å². The fourth-order valence-electron chi connectivity index (χ4n) is 3.00. The Bertz CT molecular complexity index is 732. The van der Waals surface area contributed by atoms with Gasteiger partial charge in [-0.15, -0.1) is 0 Å². The number of rotatable bonds is 7. The van der Waals surface area contributed by atoms with Crippen molar-refractivity contribution in [2.45, 2.75) is 60.0 Å². The van der Waals surface area contributed by atoms with Gasteiger partial charge in [0, 0.05) is 17.3 Å². The summed E-state index contributed by atoms with van der Waals surface area (Å²) in [4.78, 5) is 12.4. The van der Waals surface area contributed by atoms with Gasteiger partial charge in [0.2, 0.25) is 0 Å². The Morgan fingerprint density at radius 1 is 1.36 bits per heavy atom. The third-order valence-corrected chi connectivity index (χ3v) is 4.74. The zero-order valence-electron chi connectivity index (χ0n) is 15.9. The van der Waals surface area contributed by atoms with E-state index >= 15 is 0 Å². The first-order valence-corrected chi connectivity index (χ1v) is 8.83. The topological polar surface area (TPSA) is 95.8 Å². The van der Waals surface area contributed by atoms with Gasteiger partial charge in [-0.05, 0) is 39.7 Å². The molecule has 0 aliphatic rings. The van der Waals surface area contributed by atoms with Crippen LogP contribution in [0.3, 0.4) is 0 Å². The van der Waals surface area contributed by atoms with Crippen LogP contribution in [0.4, 0.5) is 0 Å². The standard InChI is InChI=1S/C18H29N5O2/c1-7-11(4)16(9-24)19-18(25)15-8-14(20-21-15)17-12(5)22-23(10(2)3)13(17)6/h8,10-11,16,24H,7,9H2,1-6H3,(H,19,25)(H,20,21). The number of H-pyrrole nitrogens is 1. The third-order valence-electron chi connectivity index (χ3n) is 4.74. The van der Waals surface area contributed by atoms with Gasteiger partial charge >= 0.3 is 0 Å². The lowest BCUT2D eigenvalue weighted by Gasteiger charge is -2.21. The smallest absolute Gasteiger partial charge is 0.269 e. The fourth-order valence-corrected chi connectivity index (χ4v) is 3.00. The minimum Gasteiger partial charge on any atom is -0.394 e. The summed E-state index contributed by atoms with van der Waals surface area (Å²) in [5.74, 6) is -0.0604. The maximum atomic E-state index is 12.4. The molecule has 7 heteroatoms. The van der Waals surface area contributed by atoms with Crippen LogP contribution in [0.15, 0.2) is 6.07 Å². The molecular formula is C18H29N5O2. The van der Waals surface area contributed by atoms with E-state index in [4.69, 9.17) is 0 Å². The number of nitrogens with one attached hydrogen (secondary N) is 2. The van der Waals surface area contributed by atoms with Crippen LogP contribution in [0.25, 0.3) is 11.3 Å². The van der Waals surface area contributed by atoms with Crippen molar-refractivity contribution in [3.05, 3.63) is 23.1 Å². The number of carbonyl (C=O) groups is 1. The summed E-state index contributed by atoms with van der Waals surface area (Å²) in [6, 6.07) is 1.73. The van der Waals surface area contributed by atoms with E-state index < -0.39 is 0 Å². The van der Waals surface area contributed by atoms with Gasteiger partial charge in [0.05, 0.1) is 24.0 Å². The number of aryl methyl sites for hydroxylation is 1. The number of aromatic amines is 1. The second-order valence-electron chi connectivity index (χ2n) is 6.90. The highest BCUT2D eigenvalue weighted by molar-refractivity contribution is 5.93. The van der Waals surface area contributed by atoms with Crippen molar-refractivity contribution in [2.75, 3.05) is 6.61 Å². The highest BCUT2D eigenvalue weighted by Crippen LogP contribution is 2.27. The molecular weight excluding hydrogens is 318 g/mol. The van der Waals surface area contributed by atoms with Gasteiger partial charge in [-0.1, -0.05) is 20.3 Å². The lowest BCUT2D eigenvalue weighted by Crippen LogP contribution is -2.42. The molecule has 0 radical (unpaired) electrons. The predicted molar refractivity (Wildman–Crippen MR) is 97.5 cm³/mol. The molecule has 0 saturated carbocycles. The van der Waals surface area contributed by atoms with E-state index in [2.05, 4.69) is 34.5 Å². The van der Waals surface area contributed by atoms with Gasteiger partial charge in [-0.3, -0.25) is 14.6 Å². The molecule has 1 amide bonds. The van der Waals surface area contributed by atoms with Crippen LogP contribution in [0, 0.1) is 19.8 Å². The van der Waals surface area contributed by atoms with Crippen molar-refractivity contribution in [2.24, 2.45) is 5.92 Å². The van der Waals surface area contributed by atoms with Crippen molar-refractivity contribution in [3.63, 3.8) is 0 Å².